The first-order chi connectivity index (χ1) is 13.0. The summed E-state index contributed by atoms with van der Waals surface area (Å²) in [6, 6.07) is 12.7. The van der Waals surface area contributed by atoms with E-state index in [0.29, 0.717) is 5.56 Å². The largest absolute Gasteiger partial charge is 0.349 e. The molecule has 0 saturated heterocycles. The molecule has 0 fully saturated rings. The summed E-state index contributed by atoms with van der Waals surface area (Å²) in [5.74, 6) is -1.02. The smallest absolute Gasteiger partial charge is 0.269 e. The van der Waals surface area contributed by atoms with E-state index >= 15 is 0 Å². The van der Waals surface area contributed by atoms with E-state index in [9.17, 15) is 17.6 Å². The highest BCUT2D eigenvalue weighted by atomic mass is 32.2. The van der Waals surface area contributed by atoms with Crippen LogP contribution in [0.1, 0.15) is 21.3 Å². The molecule has 27 heavy (non-hydrogen) atoms. The standard InChI is InChI=1S/C19H16FN3O3S/c20-15-6-8-16(9-7-15)27(25,26)18(14-4-3-10-21-12-14)13-23-19(24)17-5-1-2-11-22-17/h1-12,18H,13H2,(H,23,24). The molecule has 1 atom stereocenters. The topological polar surface area (TPSA) is 89.0 Å². The number of sulfone groups is 1. The van der Waals surface area contributed by atoms with Crippen molar-refractivity contribution in [2.45, 2.75) is 10.1 Å². The van der Waals surface area contributed by atoms with Crippen molar-refractivity contribution in [2.24, 2.45) is 0 Å². The highest BCUT2D eigenvalue weighted by molar-refractivity contribution is 7.91. The maximum absolute atomic E-state index is 13.2. The third-order valence-corrected chi connectivity index (χ3v) is 6.04. The molecular formula is C19H16FN3O3S. The molecule has 3 aromatic rings. The average molecular weight is 385 g/mol. The molecule has 1 aromatic carbocycles. The van der Waals surface area contributed by atoms with Crippen LogP contribution in [0.15, 0.2) is 78.1 Å². The predicted octanol–water partition coefficient (Wildman–Crippen LogP) is 2.56. The molecule has 2 aromatic heterocycles. The lowest BCUT2D eigenvalue weighted by molar-refractivity contribution is 0.0948. The van der Waals surface area contributed by atoms with Gasteiger partial charge in [0, 0.05) is 25.1 Å². The van der Waals surface area contributed by atoms with Crippen LogP contribution < -0.4 is 5.32 Å². The van der Waals surface area contributed by atoms with Gasteiger partial charge in [0.2, 0.25) is 0 Å². The van der Waals surface area contributed by atoms with Crippen molar-refractivity contribution >= 4 is 15.7 Å². The summed E-state index contributed by atoms with van der Waals surface area (Å²) in [6.07, 6.45) is 4.43. The maximum Gasteiger partial charge on any atom is 0.269 e. The van der Waals surface area contributed by atoms with Crippen molar-refractivity contribution in [3.63, 3.8) is 0 Å². The molecular weight excluding hydrogens is 369 g/mol. The molecule has 1 amide bonds. The Kier molecular flexibility index (Phi) is 5.56. The summed E-state index contributed by atoms with van der Waals surface area (Å²) in [5.41, 5.74) is 0.602. The van der Waals surface area contributed by atoms with Crippen molar-refractivity contribution in [1.82, 2.24) is 15.3 Å². The maximum atomic E-state index is 13.2. The molecule has 0 aliphatic carbocycles. The molecule has 0 spiro atoms. The zero-order valence-corrected chi connectivity index (χ0v) is 14.9. The van der Waals surface area contributed by atoms with Crippen LogP contribution in [0.2, 0.25) is 0 Å². The zero-order chi connectivity index (χ0) is 19.3. The first-order valence-corrected chi connectivity index (χ1v) is 9.62. The highest BCUT2D eigenvalue weighted by Gasteiger charge is 2.30. The summed E-state index contributed by atoms with van der Waals surface area (Å²) in [6.45, 7) is -0.180. The van der Waals surface area contributed by atoms with Crippen molar-refractivity contribution in [3.8, 4) is 0 Å². The number of hydrogen-bond donors (Lipinski definition) is 1. The van der Waals surface area contributed by atoms with Gasteiger partial charge in [-0.05, 0) is 48.0 Å². The highest BCUT2D eigenvalue weighted by Crippen LogP contribution is 2.28. The van der Waals surface area contributed by atoms with Crippen LogP contribution in [0.5, 0.6) is 0 Å². The number of benzene rings is 1. The second-order valence-electron chi connectivity index (χ2n) is 5.70. The number of pyridine rings is 2. The minimum atomic E-state index is -3.89. The Balaban J connectivity index is 1.90. The Bertz CT molecular complexity index is 1010. The molecule has 0 bridgehead atoms. The second-order valence-corrected chi connectivity index (χ2v) is 7.83. The number of halogens is 1. The molecule has 1 N–H and O–H groups in total. The Morgan fingerprint density at radius 3 is 2.44 bits per heavy atom. The van der Waals surface area contributed by atoms with Crippen LogP contribution in [-0.4, -0.2) is 30.8 Å². The van der Waals surface area contributed by atoms with E-state index in [1.165, 1.54) is 36.8 Å². The van der Waals surface area contributed by atoms with Gasteiger partial charge in [0.15, 0.2) is 9.84 Å². The van der Waals surface area contributed by atoms with Gasteiger partial charge >= 0.3 is 0 Å². The summed E-state index contributed by atoms with van der Waals surface area (Å²) < 4.78 is 39.3. The van der Waals surface area contributed by atoms with Gasteiger partial charge in [0.1, 0.15) is 16.8 Å². The number of nitrogens with zero attached hydrogens (tertiary/aromatic N) is 2. The molecule has 0 saturated carbocycles. The van der Waals surface area contributed by atoms with Crippen molar-refractivity contribution in [3.05, 3.63) is 90.3 Å². The van der Waals surface area contributed by atoms with Gasteiger partial charge in [0.05, 0.1) is 4.90 Å². The van der Waals surface area contributed by atoms with E-state index < -0.39 is 26.8 Å². The Morgan fingerprint density at radius 2 is 1.81 bits per heavy atom. The fourth-order valence-electron chi connectivity index (χ4n) is 2.53. The van der Waals surface area contributed by atoms with Gasteiger partial charge in [-0.3, -0.25) is 14.8 Å². The van der Waals surface area contributed by atoms with Crippen LogP contribution in [0.3, 0.4) is 0 Å². The van der Waals surface area contributed by atoms with Crippen LogP contribution >= 0.6 is 0 Å². The lowest BCUT2D eigenvalue weighted by Crippen LogP contribution is -2.32. The number of aromatic nitrogens is 2. The van der Waals surface area contributed by atoms with Crippen LogP contribution in [0.4, 0.5) is 4.39 Å². The van der Waals surface area contributed by atoms with Crippen molar-refractivity contribution in [1.29, 1.82) is 0 Å². The van der Waals surface area contributed by atoms with E-state index in [1.54, 1.807) is 24.3 Å². The van der Waals surface area contributed by atoms with Crippen molar-refractivity contribution < 1.29 is 17.6 Å². The number of amides is 1. The van der Waals surface area contributed by atoms with Gasteiger partial charge in [-0.15, -0.1) is 0 Å². The van der Waals surface area contributed by atoms with Gasteiger partial charge < -0.3 is 5.32 Å². The molecule has 0 radical (unpaired) electrons. The number of carbonyl (C=O) groups excluding carboxylic acids is 1. The fourth-order valence-corrected chi connectivity index (χ4v) is 4.18. The number of rotatable bonds is 6. The summed E-state index contributed by atoms with van der Waals surface area (Å²) in [7, 11) is -3.89. The van der Waals surface area contributed by atoms with E-state index in [2.05, 4.69) is 15.3 Å². The number of hydrogen-bond acceptors (Lipinski definition) is 5. The number of carbonyl (C=O) groups is 1. The van der Waals surface area contributed by atoms with Gasteiger partial charge in [-0.2, -0.15) is 0 Å². The minimum absolute atomic E-state index is 0.0372. The monoisotopic (exact) mass is 385 g/mol. The van der Waals surface area contributed by atoms with Crippen LogP contribution in [0.25, 0.3) is 0 Å². The van der Waals surface area contributed by atoms with E-state index in [0.717, 1.165) is 12.1 Å². The lowest BCUT2D eigenvalue weighted by Gasteiger charge is -2.18. The lowest BCUT2D eigenvalue weighted by atomic mass is 10.2. The van der Waals surface area contributed by atoms with Crippen LogP contribution in [-0.2, 0) is 9.84 Å². The quantitative estimate of drug-likeness (QED) is 0.659. The first-order valence-electron chi connectivity index (χ1n) is 8.07. The Labute approximate surface area is 156 Å². The third-order valence-electron chi connectivity index (χ3n) is 3.92. The minimum Gasteiger partial charge on any atom is -0.349 e. The summed E-state index contributed by atoms with van der Waals surface area (Å²) >= 11 is 0. The van der Waals surface area contributed by atoms with Gasteiger partial charge in [-0.25, -0.2) is 12.8 Å². The van der Waals surface area contributed by atoms with Gasteiger partial charge in [-0.1, -0.05) is 12.1 Å². The molecule has 3 rings (SSSR count). The second kappa shape index (κ2) is 8.05. The van der Waals surface area contributed by atoms with E-state index in [-0.39, 0.29) is 17.1 Å². The Morgan fingerprint density at radius 1 is 1.04 bits per heavy atom. The zero-order valence-electron chi connectivity index (χ0n) is 14.1. The molecule has 8 heteroatoms. The molecule has 0 aliphatic heterocycles. The molecule has 138 valence electrons. The van der Waals surface area contributed by atoms with E-state index in [1.807, 2.05) is 0 Å². The SMILES string of the molecule is O=C(NCC(c1cccnc1)S(=O)(=O)c1ccc(F)cc1)c1ccccn1. The molecule has 0 aliphatic rings. The normalized spacial score (nSPS) is 12.3. The molecule has 1 unspecified atom stereocenters. The number of nitrogens with one attached hydrogen (secondary N) is 1. The Hall–Kier alpha value is -3.13. The van der Waals surface area contributed by atoms with Crippen LogP contribution in [0, 0.1) is 5.82 Å². The molecule has 2 heterocycles. The van der Waals surface area contributed by atoms with E-state index in [4.69, 9.17) is 0 Å². The summed E-state index contributed by atoms with van der Waals surface area (Å²) in [5, 5.41) is 1.52. The third kappa shape index (κ3) is 4.35. The van der Waals surface area contributed by atoms with Crippen molar-refractivity contribution in [2.75, 3.05) is 6.54 Å². The predicted molar refractivity (Wildman–Crippen MR) is 97.1 cm³/mol. The first kappa shape index (κ1) is 18.7. The molecule has 6 nitrogen and oxygen atoms in total. The average Bonchev–Trinajstić information content (AvgIpc) is 2.69. The fraction of sp³-hybridized carbons (Fsp3) is 0.105. The summed E-state index contributed by atoms with van der Waals surface area (Å²) in [4.78, 5) is 20.1. The van der Waals surface area contributed by atoms with Gasteiger partial charge in [0.25, 0.3) is 5.91 Å².